The Morgan fingerprint density at radius 3 is 2.78 bits per heavy atom. The Hall–Kier alpha value is -1.40. The minimum absolute atomic E-state index is 0.711. The Labute approximate surface area is 115 Å². The molecule has 0 fully saturated rings. The summed E-state index contributed by atoms with van der Waals surface area (Å²) in [6, 6.07) is 4.16. The maximum absolute atomic E-state index is 4.40. The van der Waals surface area contributed by atoms with Crippen LogP contribution in [0.3, 0.4) is 0 Å². The zero-order chi connectivity index (χ0) is 12.8. The molecule has 0 radical (unpaired) electrons. The summed E-state index contributed by atoms with van der Waals surface area (Å²) in [4.78, 5) is 9.88. The van der Waals surface area contributed by atoms with Gasteiger partial charge in [-0.1, -0.05) is 6.07 Å². The zero-order valence-corrected chi connectivity index (χ0v) is 12.1. The molecule has 2 heterocycles. The predicted molar refractivity (Wildman–Crippen MR) is 78.2 cm³/mol. The van der Waals surface area contributed by atoms with E-state index in [1.807, 2.05) is 6.92 Å². The smallest absolute Gasteiger partial charge is 0.191 e. The summed E-state index contributed by atoms with van der Waals surface area (Å²) in [5.74, 6) is 0.802. The van der Waals surface area contributed by atoms with Crippen LogP contribution in [0.15, 0.2) is 27.9 Å². The minimum Gasteiger partial charge on any atom is -0.352 e. The molecular formula is C12H16N4S2. The SMILES string of the molecule is CN=C(NCc1cccs1)NCc1nc(C)cs1. The maximum atomic E-state index is 4.40. The van der Waals surface area contributed by atoms with Gasteiger partial charge in [0.2, 0.25) is 0 Å². The van der Waals surface area contributed by atoms with Crippen molar-refractivity contribution < 1.29 is 0 Å². The predicted octanol–water partition coefficient (Wildman–Crippen LogP) is 2.38. The Morgan fingerprint density at radius 1 is 1.33 bits per heavy atom. The van der Waals surface area contributed by atoms with Gasteiger partial charge in [-0.05, 0) is 18.4 Å². The number of hydrogen-bond donors (Lipinski definition) is 2. The monoisotopic (exact) mass is 280 g/mol. The molecule has 0 aliphatic heterocycles. The summed E-state index contributed by atoms with van der Waals surface area (Å²) in [6.45, 7) is 3.51. The first-order valence-electron chi connectivity index (χ1n) is 5.66. The number of nitrogens with one attached hydrogen (secondary N) is 2. The molecule has 0 bridgehead atoms. The van der Waals surface area contributed by atoms with E-state index >= 15 is 0 Å². The fourth-order valence-corrected chi connectivity index (χ4v) is 2.80. The number of hydrogen-bond acceptors (Lipinski definition) is 4. The molecule has 0 saturated carbocycles. The van der Waals surface area contributed by atoms with Gasteiger partial charge in [0.05, 0.1) is 13.1 Å². The molecule has 0 spiro atoms. The molecule has 96 valence electrons. The van der Waals surface area contributed by atoms with Crippen LogP contribution in [0.25, 0.3) is 0 Å². The van der Waals surface area contributed by atoms with E-state index in [1.54, 1.807) is 29.7 Å². The van der Waals surface area contributed by atoms with Gasteiger partial charge in [-0.15, -0.1) is 22.7 Å². The van der Waals surface area contributed by atoms with Gasteiger partial charge in [-0.3, -0.25) is 4.99 Å². The molecule has 6 heteroatoms. The van der Waals surface area contributed by atoms with Crippen molar-refractivity contribution in [2.75, 3.05) is 7.05 Å². The van der Waals surface area contributed by atoms with Gasteiger partial charge in [0.15, 0.2) is 5.96 Å². The van der Waals surface area contributed by atoms with E-state index in [2.05, 4.69) is 43.5 Å². The lowest BCUT2D eigenvalue weighted by Gasteiger charge is -2.09. The quantitative estimate of drug-likeness (QED) is 0.668. The molecule has 0 unspecified atom stereocenters. The summed E-state index contributed by atoms with van der Waals surface area (Å²) in [5, 5.41) is 11.7. The molecule has 4 nitrogen and oxygen atoms in total. The van der Waals surface area contributed by atoms with E-state index in [4.69, 9.17) is 0 Å². The van der Waals surface area contributed by atoms with Crippen molar-refractivity contribution in [1.29, 1.82) is 0 Å². The number of rotatable bonds is 4. The first kappa shape index (κ1) is 13.0. The lowest BCUT2D eigenvalue weighted by Crippen LogP contribution is -2.36. The van der Waals surface area contributed by atoms with Gasteiger partial charge in [-0.2, -0.15) is 0 Å². The zero-order valence-electron chi connectivity index (χ0n) is 10.4. The molecule has 0 saturated heterocycles. The number of thiazole rings is 1. The Kier molecular flexibility index (Phi) is 4.72. The van der Waals surface area contributed by atoms with Crippen LogP contribution in [0.2, 0.25) is 0 Å². The standard InChI is InChI=1S/C12H16N4S2/c1-9-8-18-11(16-9)7-15-12(13-2)14-6-10-4-3-5-17-10/h3-5,8H,6-7H2,1-2H3,(H2,13,14,15). The third kappa shape index (κ3) is 3.82. The molecular weight excluding hydrogens is 264 g/mol. The second kappa shape index (κ2) is 6.51. The number of aryl methyl sites for hydroxylation is 1. The van der Waals surface area contributed by atoms with Crippen LogP contribution in [0.1, 0.15) is 15.6 Å². The van der Waals surface area contributed by atoms with Gasteiger partial charge in [0.1, 0.15) is 5.01 Å². The number of guanidine groups is 1. The number of aromatic nitrogens is 1. The van der Waals surface area contributed by atoms with Crippen LogP contribution in [0.4, 0.5) is 0 Å². The first-order valence-corrected chi connectivity index (χ1v) is 7.42. The summed E-state index contributed by atoms with van der Waals surface area (Å²) in [5.41, 5.74) is 1.07. The van der Waals surface area contributed by atoms with E-state index in [-0.39, 0.29) is 0 Å². The van der Waals surface area contributed by atoms with Crippen LogP contribution in [-0.2, 0) is 13.1 Å². The van der Waals surface area contributed by atoms with Crippen molar-refractivity contribution in [3.63, 3.8) is 0 Å². The van der Waals surface area contributed by atoms with Crippen LogP contribution < -0.4 is 10.6 Å². The molecule has 0 amide bonds. The molecule has 2 N–H and O–H groups in total. The molecule has 0 aliphatic carbocycles. The minimum atomic E-state index is 0.711. The van der Waals surface area contributed by atoms with Gasteiger partial charge in [-0.25, -0.2) is 4.98 Å². The highest BCUT2D eigenvalue weighted by atomic mass is 32.1. The van der Waals surface area contributed by atoms with E-state index in [1.165, 1.54) is 4.88 Å². The van der Waals surface area contributed by atoms with Crippen molar-refractivity contribution in [3.8, 4) is 0 Å². The average molecular weight is 280 g/mol. The molecule has 2 aromatic rings. The molecule has 0 atom stereocenters. The molecule has 0 aliphatic rings. The summed E-state index contributed by atoms with van der Waals surface area (Å²) < 4.78 is 0. The first-order chi connectivity index (χ1) is 8.78. The van der Waals surface area contributed by atoms with E-state index in [9.17, 15) is 0 Å². The van der Waals surface area contributed by atoms with Gasteiger partial charge >= 0.3 is 0 Å². The topological polar surface area (TPSA) is 49.3 Å². The summed E-state index contributed by atoms with van der Waals surface area (Å²) in [6.07, 6.45) is 0. The lowest BCUT2D eigenvalue weighted by molar-refractivity contribution is 0.809. The van der Waals surface area contributed by atoms with Gasteiger partial charge in [0.25, 0.3) is 0 Å². The summed E-state index contributed by atoms with van der Waals surface area (Å²) >= 11 is 3.40. The third-order valence-electron chi connectivity index (χ3n) is 2.31. The second-order valence-corrected chi connectivity index (χ2v) is 5.72. The van der Waals surface area contributed by atoms with E-state index in [0.717, 1.165) is 23.2 Å². The second-order valence-electron chi connectivity index (χ2n) is 3.74. The van der Waals surface area contributed by atoms with Crippen LogP contribution in [0.5, 0.6) is 0 Å². The molecule has 18 heavy (non-hydrogen) atoms. The van der Waals surface area contributed by atoms with Crippen LogP contribution in [-0.4, -0.2) is 18.0 Å². The largest absolute Gasteiger partial charge is 0.352 e. The molecule has 2 aromatic heterocycles. The van der Waals surface area contributed by atoms with Crippen LogP contribution >= 0.6 is 22.7 Å². The highest BCUT2D eigenvalue weighted by Crippen LogP contribution is 2.08. The van der Waals surface area contributed by atoms with Crippen molar-refractivity contribution in [2.45, 2.75) is 20.0 Å². The van der Waals surface area contributed by atoms with Crippen molar-refractivity contribution >= 4 is 28.6 Å². The van der Waals surface area contributed by atoms with Gasteiger partial charge < -0.3 is 10.6 Å². The third-order valence-corrected chi connectivity index (χ3v) is 4.15. The fourth-order valence-electron chi connectivity index (χ4n) is 1.45. The highest BCUT2D eigenvalue weighted by molar-refractivity contribution is 7.10. The fraction of sp³-hybridized carbons (Fsp3) is 0.333. The van der Waals surface area contributed by atoms with E-state index in [0.29, 0.717) is 6.54 Å². The van der Waals surface area contributed by atoms with Crippen molar-refractivity contribution in [2.24, 2.45) is 4.99 Å². The Balaban J connectivity index is 1.79. The lowest BCUT2D eigenvalue weighted by atomic mass is 10.5. The van der Waals surface area contributed by atoms with Crippen molar-refractivity contribution in [3.05, 3.63) is 38.5 Å². The summed E-state index contributed by atoms with van der Waals surface area (Å²) in [7, 11) is 1.77. The van der Waals surface area contributed by atoms with Crippen molar-refractivity contribution in [1.82, 2.24) is 15.6 Å². The number of aliphatic imine (C=N–C) groups is 1. The van der Waals surface area contributed by atoms with Gasteiger partial charge in [0, 0.05) is 23.0 Å². The number of thiophene rings is 1. The molecule has 2 rings (SSSR count). The normalized spacial score (nSPS) is 11.6. The Bertz CT molecular complexity index is 502. The highest BCUT2D eigenvalue weighted by Gasteiger charge is 2.01. The number of nitrogens with zero attached hydrogens (tertiary/aromatic N) is 2. The Morgan fingerprint density at radius 2 is 2.17 bits per heavy atom. The van der Waals surface area contributed by atoms with E-state index < -0.39 is 0 Å². The molecule has 0 aromatic carbocycles. The van der Waals surface area contributed by atoms with Crippen LogP contribution in [0, 0.1) is 6.92 Å². The average Bonchev–Trinajstić information content (AvgIpc) is 3.01. The maximum Gasteiger partial charge on any atom is 0.191 e.